The molecule has 4 rings (SSSR count). The molecule has 0 aliphatic heterocycles. The summed E-state index contributed by atoms with van der Waals surface area (Å²) in [7, 11) is 0. The van der Waals surface area contributed by atoms with Crippen LogP contribution in [0, 0.1) is 6.92 Å². The summed E-state index contributed by atoms with van der Waals surface area (Å²) >= 11 is 0. The highest BCUT2D eigenvalue weighted by molar-refractivity contribution is 5.95. The second-order valence-corrected chi connectivity index (χ2v) is 6.56. The Bertz CT molecular complexity index is 1070. The zero-order valence-corrected chi connectivity index (χ0v) is 16.7. The lowest BCUT2D eigenvalue weighted by Crippen LogP contribution is -3.00. The fraction of sp³-hybridized carbons (Fsp3) is 0.0833. The second kappa shape index (κ2) is 8.28. The van der Waals surface area contributed by atoms with Crippen molar-refractivity contribution in [2.75, 3.05) is 0 Å². The number of ketones is 1. The van der Waals surface area contributed by atoms with Crippen molar-refractivity contribution in [2.45, 2.75) is 13.5 Å². The van der Waals surface area contributed by atoms with Crippen molar-refractivity contribution in [1.29, 1.82) is 0 Å². The minimum atomic E-state index is 0. The van der Waals surface area contributed by atoms with Crippen LogP contribution in [0.3, 0.4) is 0 Å². The van der Waals surface area contributed by atoms with Gasteiger partial charge in [-0.25, -0.2) is 0 Å². The zero-order chi connectivity index (χ0) is 17.9. The molecule has 0 N–H and O–H groups in total. The monoisotopic (exact) mass is 417 g/mol. The Kier molecular flexibility index (Phi) is 5.82. The van der Waals surface area contributed by atoms with E-state index in [9.17, 15) is 4.79 Å². The molecule has 0 saturated heterocycles. The van der Waals surface area contributed by atoms with E-state index in [-0.39, 0.29) is 22.8 Å². The van der Waals surface area contributed by atoms with Gasteiger partial charge in [0.15, 0.2) is 6.20 Å². The van der Waals surface area contributed by atoms with Gasteiger partial charge in [-0.15, -0.1) is 0 Å². The molecule has 4 aromatic rings. The summed E-state index contributed by atoms with van der Waals surface area (Å²) in [5.41, 5.74) is 5.31. The van der Waals surface area contributed by atoms with Crippen LogP contribution in [0.5, 0.6) is 0 Å². The predicted molar refractivity (Wildman–Crippen MR) is 105 cm³/mol. The van der Waals surface area contributed by atoms with E-state index in [0.717, 1.165) is 27.6 Å². The maximum atomic E-state index is 12.8. The molecule has 27 heavy (non-hydrogen) atoms. The Hall–Kier alpha value is -2.78. The number of benzene rings is 3. The van der Waals surface area contributed by atoms with Gasteiger partial charge in [-0.3, -0.25) is 4.79 Å². The van der Waals surface area contributed by atoms with Gasteiger partial charge in [0.1, 0.15) is 0 Å². The number of aryl methyl sites for hydroxylation is 1. The lowest BCUT2D eigenvalue weighted by atomic mass is 10.0. The Morgan fingerprint density at radius 3 is 2.26 bits per heavy atom. The van der Waals surface area contributed by atoms with Crippen molar-refractivity contribution < 1.29 is 26.3 Å². The molecule has 0 spiro atoms. The van der Waals surface area contributed by atoms with E-state index in [1.165, 1.54) is 5.56 Å². The summed E-state index contributed by atoms with van der Waals surface area (Å²) in [5, 5.41) is 1.15. The van der Waals surface area contributed by atoms with Gasteiger partial charge >= 0.3 is 0 Å². The van der Waals surface area contributed by atoms with Gasteiger partial charge in [-0.1, -0.05) is 66.2 Å². The number of hydrogen-bond acceptors (Lipinski definition) is 1. The Morgan fingerprint density at radius 1 is 0.815 bits per heavy atom. The number of aromatic nitrogens is 1. The summed E-state index contributed by atoms with van der Waals surface area (Å²) in [6.07, 6.45) is 1.97. The van der Waals surface area contributed by atoms with E-state index in [2.05, 4.69) is 43.3 Å². The standard InChI is InChI=1S/C24H20NO.BrH/c1-18-9-14-23-22(16-18)8-5-15-25(23)17-24(26)21-12-10-20(11-13-21)19-6-3-2-4-7-19;/h2-16H,17H2,1H3;1H/q+1;/p-1. The summed E-state index contributed by atoms with van der Waals surface area (Å²) < 4.78 is 2.02. The largest absolute Gasteiger partial charge is 1.00 e. The molecule has 0 aliphatic rings. The molecule has 2 nitrogen and oxygen atoms in total. The van der Waals surface area contributed by atoms with Gasteiger partial charge in [0, 0.05) is 23.1 Å². The molecule has 1 heterocycles. The van der Waals surface area contributed by atoms with Crippen LogP contribution in [0.1, 0.15) is 15.9 Å². The smallest absolute Gasteiger partial charge is 0.227 e. The average Bonchev–Trinajstić information content (AvgIpc) is 2.69. The normalized spacial score (nSPS) is 10.4. The molecule has 1 aromatic heterocycles. The van der Waals surface area contributed by atoms with Gasteiger partial charge in [-0.05, 0) is 30.2 Å². The maximum absolute atomic E-state index is 12.8. The van der Waals surface area contributed by atoms with Crippen molar-refractivity contribution in [1.82, 2.24) is 0 Å². The van der Waals surface area contributed by atoms with Gasteiger partial charge in [-0.2, -0.15) is 4.57 Å². The minimum Gasteiger partial charge on any atom is -1.00 e. The first-order chi connectivity index (χ1) is 12.7. The van der Waals surface area contributed by atoms with Gasteiger partial charge in [0.25, 0.3) is 0 Å². The molecule has 134 valence electrons. The van der Waals surface area contributed by atoms with Crippen LogP contribution in [0.15, 0.2) is 91.1 Å². The average molecular weight is 418 g/mol. The highest BCUT2D eigenvalue weighted by Crippen LogP contribution is 2.19. The van der Waals surface area contributed by atoms with E-state index in [1.54, 1.807) is 0 Å². The van der Waals surface area contributed by atoms with Crippen LogP contribution in [0.4, 0.5) is 0 Å². The highest BCUT2D eigenvalue weighted by Gasteiger charge is 2.15. The van der Waals surface area contributed by atoms with E-state index < -0.39 is 0 Å². The van der Waals surface area contributed by atoms with Crippen molar-refractivity contribution in [3.63, 3.8) is 0 Å². The SMILES string of the molecule is Cc1ccc2c(ccc[n+]2CC(=O)c2ccc(-c3ccccc3)cc2)c1.[Br-]. The molecule has 3 aromatic carbocycles. The first-order valence-electron chi connectivity index (χ1n) is 8.78. The second-order valence-electron chi connectivity index (χ2n) is 6.56. The molecule has 3 heteroatoms. The number of Topliss-reactive ketones (excluding diaryl/α,β-unsaturated/α-hetero) is 1. The van der Waals surface area contributed by atoms with E-state index in [1.807, 2.05) is 59.3 Å². The first kappa shape index (κ1) is 19.0. The van der Waals surface area contributed by atoms with Crippen LogP contribution in [0.25, 0.3) is 22.0 Å². The molecule has 0 bridgehead atoms. The quantitative estimate of drug-likeness (QED) is 0.367. The van der Waals surface area contributed by atoms with Crippen LogP contribution in [-0.2, 0) is 6.54 Å². The van der Waals surface area contributed by atoms with Crippen LogP contribution >= 0.6 is 0 Å². The lowest BCUT2D eigenvalue weighted by molar-refractivity contribution is -0.657. The van der Waals surface area contributed by atoms with Crippen molar-refractivity contribution in [3.05, 3.63) is 102 Å². The molecule has 0 aliphatic carbocycles. The maximum Gasteiger partial charge on any atom is 0.227 e. The lowest BCUT2D eigenvalue weighted by Gasteiger charge is -2.04. The zero-order valence-electron chi connectivity index (χ0n) is 15.1. The van der Waals surface area contributed by atoms with Crippen LogP contribution in [-0.4, -0.2) is 5.78 Å². The summed E-state index contributed by atoms with van der Waals surface area (Å²) in [5.74, 6) is 0.114. The number of halogens is 1. The van der Waals surface area contributed by atoms with Crippen molar-refractivity contribution in [3.8, 4) is 11.1 Å². The topological polar surface area (TPSA) is 20.9 Å². The van der Waals surface area contributed by atoms with Crippen LogP contribution < -0.4 is 21.5 Å². The minimum absolute atomic E-state index is 0. The number of carbonyl (C=O) groups is 1. The Morgan fingerprint density at radius 2 is 1.52 bits per heavy atom. The third-order valence-electron chi connectivity index (χ3n) is 4.66. The molecular weight excluding hydrogens is 398 g/mol. The van der Waals surface area contributed by atoms with Gasteiger partial charge in [0.2, 0.25) is 17.8 Å². The Balaban J connectivity index is 0.00000210. The molecular formula is C24H20BrNO. The molecule has 0 amide bonds. The number of carbonyl (C=O) groups excluding carboxylic acids is 1. The number of hydrogen-bond donors (Lipinski definition) is 0. The number of nitrogens with zero attached hydrogens (tertiary/aromatic N) is 1. The van der Waals surface area contributed by atoms with E-state index >= 15 is 0 Å². The number of pyridine rings is 1. The molecule has 0 radical (unpaired) electrons. The fourth-order valence-electron chi connectivity index (χ4n) is 3.26. The van der Waals surface area contributed by atoms with Crippen LogP contribution in [0.2, 0.25) is 0 Å². The summed E-state index contributed by atoms with van der Waals surface area (Å²) in [6.45, 7) is 2.42. The molecule has 0 atom stereocenters. The molecule has 0 saturated carbocycles. The first-order valence-corrected chi connectivity index (χ1v) is 8.78. The number of fused-ring (bicyclic) bond motifs is 1. The third kappa shape index (κ3) is 4.15. The van der Waals surface area contributed by atoms with Gasteiger partial charge < -0.3 is 17.0 Å². The van der Waals surface area contributed by atoms with Gasteiger partial charge in [0.05, 0.1) is 0 Å². The fourth-order valence-corrected chi connectivity index (χ4v) is 3.26. The summed E-state index contributed by atoms with van der Waals surface area (Å²) in [6, 6.07) is 28.4. The molecule has 0 fully saturated rings. The van der Waals surface area contributed by atoms with Crippen molar-refractivity contribution in [2.24, 2.45) is 0 Å². The third-order valence-corrected chi connectivity index (χ3v) is 4.66. The van der Waals surface area contributed by atoms with E-state index in [0.29, 0.717) is 6.54 Å². The highest BCUT2D eigenvalue weighted by atomic mass is 79.9. The Labute approximate surface area is 169 Å². The summed E-state index contributed by atoms with van der Waals surface area (Å²) in [4.78, 5) is 12.8. The molecule has 0 unspecified atom stereocenters. The van der Waals surface area contributed by atoms with Crippen molar-refractivity contribution >= 4 is 16.7 Å². The predicted octanol–water partition coefficient (Wildman–Crippen LogP) is 1.99. The van der Waals surface area contributed by atoms with E-state index in [4.69, 9.17) is 0 Å². The number of rotatable bonds is 4.